The molecule has 6 nitrogen and oxygen atoms in total. The predicted molar refractivity (Wildman–Crippen MR) is 57.3 cm³/mol. The number of carboxylic acid groups (broad SMARTS) is 1. The van der Waals surface area contributed by atoms with Crippen molar-refractivity contribution >= 4 is 17.6 Å². The zero-order chi connectivity index (χ0) is 12.0. The molecule has 1 aromatic rings. The van der Waals surface area contributed by atoms with Gasteiger partial charge in [-0.05, 0) is 12.1 Å². The van der Waals surface area contributed by atoms with Crippen molar-refractivity contribution in [1.29, 1.82) is 0 Å². The van der Waals surface area contributed by atoms with Gasteiger partial charge in [-0.3, -0.25) is 4.79 Å². The minimum atomic E-state index is -1.08. The Hall–Kier alpha value is -2.08. The van der Waals surface area contributed by atoms with E-state index in [1.807, 2.05) is 0 Å². The average molecular weight is 224 g/mol. The first kappa shape index (κ1) is 12.0. The van der Waals surface area contributed by atoms with Gasteiger partial charge in [-0.1, -0.05) is 12.1 Å². The highest BCUT2D eigenvalue weighted by Crippen LogP contribution is 2.23. The molecule has 1 aromatic carbocycles. The molecule has 0 aromatic heterocycles. The minimum absolute atomic E-state index is 0.146. The van der Waals surface area contributed by atoms with Gasteiger partial charge in [0.1, 0.15) is 5.75 Å². The molecule has 0 aliphatic heterocycles. The highest BCUT2D eigenvalue weighted by molar-refractivity contribution is 5.93. The lowest BCUT2D eigenvalue weighted by molar-refractivity contribution is -0.139. The second kappa shape index (κ2) is 5.72. The summed E-state index contributed by atoms with van der Waals surface area (Å²) < 4.78 is 4.99. The second-order valence-electron chi connectivity index (χ2n) is 2.93. The fourth-order valence-corrected chi connectivity index (χ4v) is 1.04. The lowest BCUT2D eigenvalue weighted by atomic mass is 10.3. The molecule has 0 fully saturated rings. The van der Waals surface area contributed by atoms with Crippen molar-refractivity contribution in [2.75, 3.05) is 18.5 Å². The Balaban J connectivity index is 2.74. The van der Waals surface area contributed by atoms with Crippen molar-refractivity contribution in [3.05, 3.63) is 24.3 Å². The molecule has 4 N–H and O–H groups in total. The van der Waals surface area contributed by atoms with Gasteiger partial charge in [0.2, 0.25) is 5.91 Å². The van der Waals surface area contributed by atoms with E-state index in [0.29, 0.717) is 11.4 Å². The molecule has 0 unspecified atom stereocenters. The van der Waals surface area contributed by atoms with E-state index in [1.165, 1.54) is 0 Å². The summed E-state index contributed by atoms with van der Waals surface area (Å²) in [5.41, 5.74) is 5.55. The first-order chi connectivity index (χ1) is 7.63. The lowest BCUT2D eigenvalue weighted by Crippen LogP contribution is -2.22. The molecule has 1 amide bonds. The number of carbonyl (C=O) groups excluding carboxylic acids is 1. The smallest absolute Gasteiger partial charge is 0.341 e. The van der Waals surface area contributed by atoms with Crippen LogP contribution in [-0.2, 0) is 9.59 Å². The largest absolute Gasteiger partial charge is 0.480 e. The summed E-state index contributed by atoms with van der Waals surface area (Å²) in [5, 5.41) is 11.0. The molecule has 6 heteroatoms. The summed E-state index contributed by atoms with van der Waals surface area (Å²) in [7, 11) is 0. The Labute approximate surface area is 92.0 Å². The fourth-order valence-electron chi connectivity index (χ4n) is 1.04. The van der Waals surface area contributed by atoms with Gasteiger partial charge in [0, 0.05) is 0 Å². The molecule has 0 aliphatic rings. The average Bonchev–Trinajstić information content (AvgIpc) is 2.27. The van der Waals surface area contributed by atoms with E-state index in [2.05, 4.69) is 5.32 Å². The number of carboxylic acids is 1. The molecule has 16 heavy (non-hydrogen) atoms. The van der Waals surface area contributed by atoms with E-state index in [-0.39, 0.29) is 12.5 Å². The van der Waals surface area contributed by atoms with Gasteiger partial charge < -0.3 is 20.9 Å². The van der Waals surface area contributed by atoms with Gasteiger partial charge in [-0.2, -0.15) is 0 Å². The van der Waals surface area contributed by atoms with E-state index < -0.39 is 12.6 Å². The van der Waals surface area contributed by atoms with Crippen LogP contribution in [0.1, 0.15) is 0 Å². The minimum Gasteiger partial charge on any atom is -0.480 e. The van der Waals surface area contributed by atoms with Crippen molar-refractivity contribution in [3.63, 3.8) is 0 Å². The summed E-state index contributed by atoms with van der Waals surface area (Å²) in [6.45, 7) is -0.608. The van der Waals surface area contributed by atoms with E-state index in [0.717, 1.165) is 0 Å². The van der Waals surface area contributed by atoms with Gasteiger partial charge in [-0.15, -0.1) is 0 Å². The van der Waals surface area contributed by atoms with Crippen molar-refractivity contribution in [1.82, 2.24) is 0 Å². The van der Waals surface area contributed by atoms with Gasteiger partial charge in [0.15, 0.2) is 6.61 Å². The first-order valence-corrected chi connectivity index (χ1v) is 4.57. The number of nitrogens with one attached hydrogen (secondary N) is 1. The van der Waals surface area contributed by atoms with E-state index in [9.17, 15) is 9.59 Å². The summed E-state index contributed by atoms with van der Waals surface area (Å²) in [5.74, 6) is -1.15. The second-order valence-corrected chi connectivity index (χ2v) is 2.93. The van der Waals surface area contributed by atoms with Gasteiger partial charge in [0.25, 0.3) is 0 Å². The third kappa shape index (κ3) is 3.58. The van der Waals surface area contributed by atoms with Crippen LogP contribution in [0.4, 0.5) is 5.69 Å². The van der Waals surface area contributed by atoms with Crippen LogP contribution in [0.2, 0.25) is 0 Å². The third-order valence-corrected chi connectivity index (χ3v) is 1.70. The zero-order valence-electron chi connectivity index (χ0n) is 8.47. The van der Waals surface area contributed by atoms with Crippen molar-refractivity contribution < 1.29 is 19.4 Å². The SMILES string of the molecule is NCC(=O)Nc1ccccc1OCC(=O)O. The Bertz CT molecular complexity index is 392. The zero-order valence-corrected chi connectivity index (χ0v) is 8.47. The summed E-state index contributed by atoms with van der Waals surface area (Å²) in [4.78, 5) is 21.4. The van der Waals surface area contributed by atoms with Crippen LogP contribution in [0.15, 0.2) is 24.3 Å². The number of aliphatic carboxylic acids is 1. The van der Waals surface area contributed by atoms with Gasteiger partial charge >= 0.3 is 5.97 Å². The number of carbonyl (C=O) groups is 2. The summed E-state index contributed by atoms with van der Waals surface area (Å²) >= 11 is 0. The number of anilines is 1. The highest BCUT2D eigenvalue weighted by atomic mass is 16.5. The first-order valence-electron chi connectivity index (χ1n) is 4.57. The number of para-hydroxylation sites is 2. The maximum atomic E-state index is 11.1. The van der Waals surface area contributed by atoms with Crippen molar-refractivity contribution in [3.8, 4) is 5.75 Å². The Kier molecular flexibility index (Phi) is 4.28. The molecule has 0 saturated carbocycles. The van der Waals surface area contributed by atoms with Crippen LogP contribution in [0.25, 0.3) is 0 Å². The van der Waals surface area contributed by atoms with Crippen LogP contribution in [0.3, 0.4) is 0 Å². The van der Waals surface area contributed by atoms with E-state index in [4.69, 9.17) is 15.6 Å². The van der Waals surface area contributed by atoms with Crippen LogP contribution in [0, 0.1) is 0 Å². The molecule has 0 spiro atoms. The number of ether oxygens (including phenoxy) is 1. The molecule has 86 valence electrons. The van der Waals surface area contributed by atoms with Gasteiger partial charge in [0.05, 0.1) is 12.2 Å². The number of rotatable bonds is 5. The molecular weight excluding hydrogens is 212 g/mol. The highest BCUT2D eigenvalue weighted by Gasteiger charge is 2.07. The fraction of sp³-hybridized carbons (Fsp3) is 0.200. The van der Waals surface area contributed by atoms with Crippen LogP contribution in [0.5, 0.6) is 5.75 Å². The molecule has 0 bridgehead atoms. The van der Waals surface area contributed by atoms with Crippen molar-refractivity contribution in [2.24, 2.45) is 5.73 Å². The molecule has 0 saturated heterocycles. The molecular formula is C10H12N2O4. The van der Waals surface area contributed by atoms with E-state index in [1.54, 1.807) is 24.3 Å². The van der Waals surface area contributed by atoms with E-state index >= 15 is 0 Å². The molecule has 0 aliphatic carbocycles. The summed E-state index contributed by atoms with van der Waals surface area (Å²) in [6.07, 6.45) is 0. The quantitative estimate of drug-likeness (QED) is 0.655. The van der Waals surface area contributed by atoms with Crippen molar-refractivity contribution in [2.45, 2.75) is 0 Å². The summed E-state index contributed by atoms with van der Waals surface area (Å²) in [6, 6.07) is 6.54. The maximum Gasteiger partial charge on any atom is 0.341 e. The molecule has 0 radical (unpaired) electrons. The Morgan fingerprint density at radius 2 is 2.06 bits per heavy atom. The number of hydrogen-bond acceptors (Lipinski definition) is 4. The lowest BCUT2D eigenvalue weighted by Gasteiger charge is -2.10. The van der Waals surface area contributed by atoms with Gasteiger partial charge in [-0.25, -0.2) is 4.79 Å². The van der Waals surface area contributed by atoms with Crippen LogP contribution < -0.4 is 15.8 Å². The number of hydrogen-bond donors (Lipinski definition) is 3. The standard InChI is InChI=1S/C10H12N2O4/c11-5-9(13)12-7-3-1-2-4-8(7)16-6-10(14)15/h1-4H,5-6,11H2,(H,12,13)(H,14,15). The third-order valence-electron chi connectivity index (χ3n) is 1.70. The Morgan fingerprint density at radius 3 is 2.69 bits per heavy atom. The molecule has 0 heterocycles. The number of nitrogens with two attached hydrogens (primary N) is 1. The maximum absolute atomic E-state index is 11.1. The monoisotopic (exact) mass is 224 g/mol. The van der Waals surface area contributed by atoms with Crippen LogP contribution in [-0.4, -0.2) is 30.1 Å². The predicted octanol–water partition coefficient (Wildman–Crippen LogP) is 0.0472. The molecule has 0 atom stereocenters. The number of amides is 1. The molecule has 1 rings (SSSR count). The topological polar surface area (TPSA) is 102 Å². The van der Waals surface area contributed by atoms with Crippen LogP contribution >= 0.6 is 0 Å². The number of benzene rings is 1. The normalized spacial score (nSPS) is 9.56. The Morgan fingerprint density at radius 1 is 1.38 bits per heavy atom.